The molecule has 24 heavy (non-hydrogen) atoms. The first-order chi connectivity index (χ1) is 11.9. The van der Waals surface area contributed by atoms with E-state index < -0.39 is 0 Å². The zero-order valence-electron chi connectivity index (χ0n) is 13.9. The summed E-state index contributed by atoms with van der Waals surface area (Å²) in [5.41, 5.74) is 2.11. The normalized spacial score (nSPS) is 16.0. The Morgan fingerprint density at radius 2 is 2.04 bits per heavy atom. The topological polar surface area (TPSA) is 74.3 Å². The van der Waals surface area contributed by atoms with Crippen LogP contribution in [0.25, 0.3) is 11.0 Å². The molecule has 1 aliphatic carbocycles. The van der Waals surface area contributed by atoms with Gasteiger partial charge in [0.05, 0.1) is 29.6 Å². The minimum Gasteiger partial charge on any atom is -0.329 e. The van der Waals surface area contributed by atoms with Crippen molar-refractivity contribution in [3.8, 4) is 0 Å². The lowest BCUT2D eigenvalue weighted by atomic mass is 9.95. The number of pyridine rings is 1. The van der Waals surface area contributed by atoms with Gasteiger partial charge in [-0.1, -0.05) is 19.3 Å². The molecule has 3 heterocycles. The lowest BCUT2D eigenvalue weighted by molar-refractivity contribution is 0.316. The van der Waals surface area contributed by atoms with E-state index in [1.54, 1.807) is 6.20 Å². The summed E-state index contributed by atoms with van der Waals surface area (Å²) >= 11 is 0. The molecule has 0 aromatic carbocycles. The van der Waals surface area contributed by atoms with E-state index in [4.69, 9.17) is 0 Å². The highest BCUT2D eigenvalue weighted by molar-refractivity contribution is 5.73. The third-order valence-electron chi connectivity index (χ3n) is 4.95. The molecule has 7 heteroatoms. The summed E-state index contributed by atoms with van der Waals surface area (Å²) in [5, 5.41) is 12.4. The minimum absolute atomic E-state index is 0.507. The van der Waals surface area contributed by atoms with Crippen molar-refractivity contribution in [2.45, 2.75) is 64.0 Å². The number of hydrogen-bond acceptors (Lipinski definition) is 5. The van der Waals surface area contributed by atoms with Crippen LogP contribution in [0.4, 0.5) is 0 Å². The van der Waals surface area contributed by atoms with E-state index >= 15 is 0 Å². The maximum Gasteiger partial charge on any atom is 0.151 e. The van der Waals surface area contributed by atoms with Gasteiger partial charge in [-0.25, -0.2) is 9.67 Å². The summed E-state index contributed by atoms with van der Waals surface area (Å²) in [6.07, 6.45) is 15.0. The fourth-order valence-electron chi connectivity index (χ4n) is 3.63. The molecule has 0 amide bonds. The van der Waals surface area contributed by atoms with Crippen molar-refractivity contribution < 1.29 is 0 Å². The third-order valence-corrected chi connectivity index (χ3v) is 4.95. The number of fused-ring (bicyclic) bond motifs is 1. The molecule has 1 aliphatic rings. The molecule has 0 radical (unpaired) electrons. The second-order valence-corrected chi connectivity index (χ2v) is 6.59. The van der Waals surface area contributed by atoms with E-state index in [1.165, 1.54) is 32.1 Å². The molecule has 0 bridgehead atoms. The molecule has 3 aromatic rings. The smallest absolute Gasteiger partial charge is 0.151 e. The zero-order valence-corrected chi connectivity index (χ0v) is 13.9. The van der Waals surface area contributed by atoms with Crippen molar-refractivity contribution in [3.05, 3.63) is 30.6 Å². The molecular weight excluding hydrogens is 302 g/mol. The maximum absolute atomic E-state index is 4.41. The SMILES string of the molecule is c1cc2ncn(CCCCc3nnnn3C3CCCCC3)c2cn1. The van der Waals surface area contributed by atoms with Crippen molar-refractivity contribution in [1.29, 1.82) is 0 Å². The third kappa shape index (κ3) is 3.16. The highest BCUT2D eigenvalue weighted by atomic mass is 15.5. The van der Waals surface area contributed by atoms with E-state index in [1.807, 2.05) is 18.6 Å². The number of nitrogens with zero attached hydrogens (tertiary/aromatic N) is 7. The summed E-state index contributed by atoms with van der Waals surface area (Å²) in [6, 6.07) is 2.46. The Morgan fingerprint density at radius 1 is 1.12 bits per heavy atom. The maximum atomic E-state index is 4.41. The largest absolute Gasteiger partial charge is 0.329 e. The molecule has 3 aromatic heterocycles. The van der Waals surface area contributed by atoms with Crippen molar-refractivity contribution in [2.24, 2.45) is 0 Å². The molecule has 1 fully saturated rings. The Hall–Kier alpha value is -2.31. The van der Waals surface area contributed by atoms with Crippen LogP contribution in [-0.2, 0) is 13.0 Å². The van der Waals surface area contributed by atoms with E-state index in [9.17, 15) is 0 Å². The Kier molecular flexibility index (Phi) is 4.49. The van der Waals surface area contributed by atoms with Gasteiger partial charge in [0.2, 0.25) is 0 Å². The van der Waals surface area contributed by atoms with Crippen LogP contribution in [0.5, 0.6) is 0 Å². The Balaban J connectivity index is 1.32. The van der Waals surface area contributed by atoms with Crippen molar-refractivity contribution in [1.82, 2.24) is 34.7 Å². The van der Waals surface area contributed by atoms with Gasteiger partial charge in [0.25, 0.3) is 0 Å². The molecule has 126 valence electrons. The van der Waals surface area contributed by atoms with Gasteiger partial charge in [0.1, 0.15) is 0 Å². The molecule has 0 spiro atoms. The number of aryl methyl sites for hydroxylation is 2. The average Bonchev–Trinajstić information content (AvgIpc) is 3.27. The van der Waals surface area contributed by atoms with Gasteiger partial charge < -0.3 is 4.57 Å². The standard InChI is InChI=1S/C17H23N7/c1-2-6-14(7-3-1)24-17(20-21-22-24)8-4-5-11-23-13-19-15-9-10-18-12-16(15)23/h9-10,12-14H,1-8,11H2. The van der Waals surface area contributed by atoms with Gasteiger partial charge >= 0.3 is 0 Å². The highest BCUT2D eigenvalue weighted by Crippen LogP contribution is 2.28. The second kappa shape index (κ2) is 7.07. The number of aromatic nitrogens is 7. The molecule has 1 saturated carbocycles. The van der Waals surface area contributed by atoms with E-state index in [0.717, 1.165) is 42.7 Å². The number of imidazole rings is 1. The lowest BCUT2D eigenvalue weighted by Gasteiger charge is -2.22. The fourth-order valence-corrected chi connectivity index (χ4v) is 3.63. The van der Waals surface area contributed by atoms with Gasteiger partial charge in [-0.05, 0) is 42.2 Å². The van der Waals surface area contributed by atoms with Crippen LogP contribution < -0.4 is 0 Å². The first-order valence-corrected chi connectivity index (χ1v) is 8.93. The molecule has 0 atom stereocenters. The van der Waals surface area contributed by atoms with Crippen molar-refractivity contribution in [3.63, 3.8) is 0 Å². The summed E-state index contributed by atoms with van der Waals surface area (Å²) in [4.78, 5) is 8.60. The van der Waals surface area contributed by atoms with Crippen LogP contribution in [0.3, 0.4) is 0 Å². The van der Waals surface area contributed by atoms with E-state index in [2.05, 4.69) is 34.7 Å². The van der Waals surface area contributed by atoms with Crippen molar-refractivity contribution >= 4 is 11.0 Å². The predicted molar refractivity (Wildman–Crippen MR) is 90.4 cm³/mol. The average molecular weight is 325 g/mol. The molecular formula is C17H23N7. The van der Waals surface area contributed by atoms with E-state index in [-0.39, 0.29) is 0 Å². The first-order valence-electron chi connectivity index (χ1n) is 8.93. The Labute approximate surface area is 141 Å². The summed E-state index contributed by atoms with van der Waals surface area (Å²) in [5.74, 6) is 1.04. The Bertz CT molecular complexity index is 785. The quantitative estimate of drug-likeness (QED) is 0.651. The van der Waals surface area contributed by atoms with Crippen LogP contribution in [0.15, 0.2) is 24.8 Å². The summed E-state index contributed by atoms with van der Waals surface area (Å²) < 4.78 is 4.25. The minimum atomic E-state index is 0.507. The molecule has 0 N–H and O–H groups in total. The molecule has 0 saturated heterocycles. The predicted octanol–water partition coefficient (Wildman–Crippen LogP) is 2.95. The second-order valence-electron chi connectivity index (χ2n) is 6.59. The lowest BCUT2D eigenvalue weighted by Crippen LogP contribution is -2.17. The van der Waals surface area contributed by atoms with Crippen LogP contribution in [0.2, 0.25) is 0 Å². The van der Waals surface area contributed by atoms with Gasteiger partial charge in [0.15, 0.2) is 5.82 Å². The Morgan fingerprint density at radius 3 is 2.96 bits per heavy atom. The number of unbranched alkanes of at least 4 members (excludes halogenated alkanes) is 1. The van der Waals surface area contributed by atoms with Gasteiger partial charge in [-0.3, -0.25) is 4.98 Å². The molecule has 4 rings (SSSR count). The van der Waals surface area contributed by atoms with Gasteiger partial charge in [-0.15, -0.1) is 5.10 Å². The first kappa shape index (κ1) is 15.2. The summed E-state index contributed by atoms with van der Waals surface area (Å²) in [6.45, 7) is 0.952. The number of rotatable bonds is 6. The van der Waals surface area contributed by atoms with Gasteiger partial charge in [-0.2, -0.15) is 0 Å². The van der Waals surface area contributed by atoms with Crippen LogP contribution >= 0.6 is 0 Å². The van der Waals surface area contributed by atoms with Crippen LogP contribution in [0.1, 0.15) is 56.8 Å². The zero-order chi connectivity index (χ0) is 16.2. The summed E-state index contributed by atoms with van der Waals surface area (Å²) in [7, 11) is 0. The molecule has 0 aliphatic heterocycles. The number of tetrazole rings is 1. The van der Waals surface area contributed by atoms with Crippen LogP contribution in [0, 0.1) is 0 Å². The van der Waals surface area contributed by atoms with Gasteiger partial charge in [0, 0.05) is 19.2 Å². The number of hydrogen-bond donors (Lipinski definition) is 0. The van der Waals surface area contributed by atoms with Crippen LogP contribution in [-0.4, -0.2) is 34.7 Å². The monoisotopic (exact) mass is 325 g/mol. The van der Waals surface area contributed by atoms with E-state index in [0.29, 0.717) is 6.04 Å². The highest BCUT2D eigenvalue weighted by Gasteiger charge is 2.19. The van der Waals surface area contributed by atoms with Crippen molar-refractivity contribution in [2.75, 3.05) is 0 Å². The molecule has 0 unspecified atom stereocenters. The fraction of sp³-hybridized carbons (Fsp3) is 0.588. The molecule has 7 nitrogen and oxygen atoms in total.